The maximum atomic E-state index is 9.85. The minimum atomic E-state index is -0.213. The van der Waals surface area contributed by atoms with Gasteiger partial charge in [0.2, 0.25) is 0 Å². The molecule has 0 rings (SSSR count). The molecule has 1 atom stereocenters. The number of rotatable bonds is 6. The number of aldehydes is 1. The Labute approximate surface area is 61.3 Å². The SMILES string of the molecule is CCCC(OC)OCC=O. The van der Waals surface area contributed by atoms with Crippen LogP contribution >= 0.6 is 0 Å². The second-order valence-corrected chi connectivity index (χ2v) is 1.95. The Kier molecular flexibility index (Phi) is 6.43. The first kappa shape index (κ1) is 9.59. The molecule has 1 unspecified atom stereocenters. The summed E-state index contributed by atoms with van der Waals surface area (Å²) in [4.78, 5) is 9.85. The molecular weight excluding hydrogens is 132 g/mol. The predicted octanol–water partition coefficient (Wildman–Crippen LogP) is 0.974. The molecule has 0 aliphatic heterocycles. The Bertz CT molecular complexity index is 82.9. The lowest BCUT2D eigenvalue weighted by Crippen LogP contribution is -2.15. The van der Waals surface area contributed by atoms with Gasteiger partial charge in [-0.3, -0.25) is 0 Å². The highest BCUT2D eigenvalue weighted by Crippen LogP contribution is 2.00. The highest BCUT2D eigenvalue weighted by molar-refractivity contribution is 5.50. The van der Waals surface area contributed by atoms with Crippen LogP contribution < -0.4 is 0 Å². The van der Waals surface area contributed by atoms with Crippen molar-refractivity contribution in [3.05, 3.63) is 0 Å². The minimum Gasteiger partial charge on any atom is -0.356 e. The summed E-state index contributed by atoms with van der Waals surface area (Å²) in [6.45, 7) is 2.16. The van der Waals surface area contributed by atoms with Crippen LogP contribution in [0.4, 0.5) is 0 Å². The fourth-order valence-corrected chi connectivity index (χ4v) is 0.652. The van der Waals surface area contributed by atoms with E-state index in [1.165, 1.54) is 0 Å². The molecule has 60 valence electrons. The molecule has 0 fully saturated rings. The quantitative estimate of drug-likeness (QED) is 0.414. The monoisotopic (exact) mass is 146 g/mol. The summed E-state index contributed by atoms with van der Waals surface area (Å²) in [5.41, 5.74) is 0. The summed E-state index contributed by atoms with van der Waals surface area (Å²) in [6.07, 6.45) is 2.35. The first-order chi connectivity index (χ1) is 4.85. The van der Waals surface area contributed by atoms with E-state index in [2.05, 4.69) is 0 Å². The molecule has 0 heterocycles. The van der Waals surface area contributed by atoms with Gasteiger partial charge in [0.15, 0.2) is 6.29 Å². The van der Waals surface area contributed by atoms with E-state index < -0.39 is 0 Å². The van der Waals surface area contributed by atoms with E-state index in [4.69, 9.17) is 9.47 Å². The minimum absolute atomic E-state index is 0.124. The maximum Gasteiger partial charge on any atom is 0.157 e. The number of methoxy groups -OCH3 is 1. The van der Waals surface area contributed by atoms with Gasteiger partial charge < -0.3 is 14.3 Å². The summed E-state index contributed by atoms with van der Waals surface area (Å²) in [7, 11) is 1.57. The van der Waals surface area contributed by atoms with Crippen molar-refractivity contribution in [2.75, 3.05) is 13.7 Å². The lowest BCUT2D eigenvalue weighted by atomic mass is 10.3. The Hall–Kier alpha value is -0.410. The number of ether oxygens (including phenoxy) is 2. The van der Waals surface area contributed by atoms with Gasteiger partial charge in [-0.05, 0) is 6.42 Å². The summed E-state index contributed by atoms with van der Waals surface area (Å²) in [5, 5.41) is 0. The zero-order chi connectivity index (χ0) is 7.82. The van der Waals surface area contributed by atoms with Crippen LogP contribution in [-0.4, -0.2) is 26.3 Å². The van der Waals surface area contributed by atoms with Crippen LogP contribution in [0.1, 0.15) is 19.8 Å². The van der Waals surface area contributed by atoms with Gasteiger partial charge in [-0.25, -0.2) is 0 Å². The van der Waals surface area contributed by atoms with Crippen LogP contribution in [0.15, 0.2) is 0 Å². The van der Waals surface area contributed by atoms with E-state index in [9.17, 15) is 4.79 Å². The Morgan fingerprint density at radius 3 is 2.70 bits per heavy atom. The van der Waals surface area contributed by atoms with Crippen LogP contribution in [0.25, 0.3) is 0 Å². The number of hydrogen-bond donors (Lipinski definition) is 0. The molecule has 0 saturated carbocycles. The second kappa shape index (κ2) is 6.71. The number of carbonyl (C=O) groups excluding carboxylic acids is 1. The standard InChI is InChI=1S/C7H14O3/c1-3-4-7(9-2)10-6-5-8/h5,7H,3-4,6H2,1-2H3. The van der Waals surface area contributed by atoms with E-state index in [1.807, 2.05) is 6.92 Å². The normalized spacial score (nSPS) is 13.0. The molecule has 0 N–H and O–H groups in total. The van der Waals surface area contributed by atoms with Crippen LogP contribution in [0.3, 0.4) is 0 Å². The molecule has 0 radical (unpaired) electrons. The van der Waals surface area contributed by atoms with Crippen molar-refractivity contribution in [3.8, 4) is 0 Å². The molecule has 3 heteroatoms. The molecule has 0 aliphatic carbocycles. The van der Waals surface area contributed by atoms with Gasteiger partial charge in [-0.2, -0.15) is 0 Å². The molecule has 0 aromatic rings. The molecule has 0 amide bonds. The highest BCUT2D eigenvalue weighted by atomic mass is 16.7. The van der Waals surface area contributed by atoms with E-state index in [0.717, 1.165) is 19.1 Å². The molecule has 0 aromatic carbocycles. The van der Waals surface area contributed by atoms with Crippen molar-refractivity contribution >= 4 is 6.29 Å². The molecule has 0 bridgehead atoms. The van der Waals surface area contributed by atoms with Gasteiger partial charge in [0, 0.05) is 7.11 Å². The van der Waals surface area contributed by atoms with Crippen LogP contribution in [0.2, 0.25) is 0 Å². The van der Waals surface area contributed by atoms with Crippen molar-refractivity contribution in [3.63, 3.8) is 0 Å². The largest absolute Gasteiger partial charge is 0.356 e. The number of hydrogen-bond acceptors (Lipinski definition) is 3. The molecule has 3 nitrogen and oxygen atoms in total. The van der Waals surface area contributed by atoms with Gasteiger partial charge in [0.1, 0.15) is 12.9 Å². The first-order valence-electron chi connectivity index (χ1n) is 3.43. The van der Waals surface area contributed by atoms with Crippen LogP contribution in [-0.2, 0) is 14.3 Å². The highest BCUT2D eigenvalue weighted by Gasteiger charge is 2.03. The fourth-order valence-electron chi connectivity index (χ4n) is 0.652. The molecule has 0 saturated heterocycles. The zero-order valence-corrected chi connectivity index (χ0v) is 6.50. The molecule has 0 aromatic heterocycles. The Balaban J connectivity index is 3.29. The third-order valence-electron chi connectivity index (χ3n) is 1.14. The van der Waals surface area contributed by atoms with E-state index in [-0.39, 0.29) is 12.9 Å². The van der Waals surface area contributed by atoms with Crippen molar-refractivity contribution < 1.29 is 14.3 Å². The summed E-state index contributed by atoms with van der Waals surface area (Å²) in [6, 6.07) is 0. The molecular formula is C7H14O3. The van der Waals surface area contributed by atoms with Crippen LogP contribution in [0.5, 0.6) is 0 Å². The third-order valence-corrected chi connectivity index (χ3v) is 1.14. The van der Waals surface area contributed by atoms with E-state index in [1.54, 1.807) is 7.11 Å². The Morgan fingerprint density at radius 1 is 1.60 bits per heavy atom. The van der Waals surface area contributed by atoms with E-state index in [0.29, 0.717) is 0 Å². The van der Waals surface area contributed by atoms with Crippen molar-refractivity contribution in [1.29, 1.82) is 0 Å². The van der Waals surface area contributed by atoms with Gasteiger partial charge >= 0.3 is 0 Å². The summed E-state index contributed by atoms with van der Waals surface area (Å²) in [5.74, 6) is 0. The molecule has 0 spiro atoms. The molecule has 0 aliphatic rings. The zero-order valence-electron chi connectivity index (χ0n) is 6.50. The lowest BCUT2D eigenvalue weighted by molar-refractivity contribution is -0.140. The fraction of sp³-hybridized carbons (Fsp3) is 0.857. The van der Waals surface area contributed by atoms with Gasteiger partial charge in [0.25, 0.3) is 0 Å². The lowest BCUT2D eigenvalue weighted by Gasteiger charge is -2.12. The van der Waals surface area contributed by atoms with Gasteiger partial charge in [-0.1, -0.05) is 13.3 Å². The average molecular weight is 146 g/mol. The topological polar surface area (TPSA) is 35.5 Å². The van der Waals surface area contributed by atoms with E-state index >= 15 is 0 Å². The van der Waals surface area contributed by atoms with Crippen molar-refractivity contribution in [2.24, 2.45) is 0 Å². The third kappa shape index (κ3) is 4.47. The predicted molar refractivity (Wildman–Crippen MR) is 37.7 cm³/mol. The van der Waals surface area contributed by atoms with Crippen molar-refractivity contribution in [1.82, 2.24) is 0 Å². The first-order valence-corrected chi connectivity index (χ1v) is 3.43. The summed E-state index contributed by atoms with van der Waals surface area (Å²) < 4.78 is 9.90. The van der Waals surface area contributed by atoms with Gasteiger partial charge in [-0.15, -0.1) is 0 Å². The maximum absolute atomic E-state index is 9.85. The van der Waals surface area contributed by atoms with Gasteiger partial charge in [0.05, 0.1) is 0 Å². The summed E-state index contributed by atoms with van der Waals surface area (Å²) >= 11 is 0. The number of carbonyl (C=O) groups is 1. The second-order valence-electron chi connectivity index (χ2n) is 1.95. The van der Waals surface area contributed by atoms with Crippen molar-refractivity contribution in [2.45, 2.75) is 26.1 Å². The average Bonchev–Trinajstić information content (AvgIpc) is 1.98. The smallest absolute Gasteiger partial charge is 0.157 e. The van der Waals surface area contributed by atoms with Crippen LogP contribution in [0, 0.1) is 0 Å². The Morgan fingerprint density at radius 2 is 2.30 bits per heavy atom. The molecule has 10 heavy (non-hydrogen) atoms.